The van der Waals surface area contributed by atoms with Gasteiger partial charge in [-0.2, -0.15) is 5.10 Å². The van der Waals surface area contributed by atoms with Crippen LogP contribution in [0.3, 0.4) is 0 Å². The Morgan fingerprint density at radius 3 is 2.85 bits per heavy atom. The third-order valence-electron chi connectivity index (χ3n) is 4.74. The number of aromatic nitrogens is 6. The van der Waals surface area contributed by atoms with Crippen LogP contribution in [-0.4, -0.2) is 41.3 Å². The van der Waals surface area contributed by atoms with E-state index in [0.717, 1.165) is 48.5 Å². The first kappa shape index (κ1) is 16.8. The van der Waals surface area contributed by atoms with Crippen LogP contribution in [-0.2, 0) is 0 Å². The summed E-state index contributed by atoms with van der Waals surface area (Å²) in [5, 5.41) is 11.5. The number of nitrogens with zero attached hydrogens (tertiary/aromatic N) is 6. The first-order valence-electron chi connectivity index (χ1n) is 8.61. The molecule has 1 N–H and O–H groups in total. The lowest BCUT2D eigenvalue weighted by Crippen LogP contribution is -2.38. The Labute approximate surface area is 154 Å². The highest BCUT2D eigenvalue weighted by atomic mass is 32.1. The van der Waals surface area contributed by atoms with Gasteiger partial charge in [-0.1, -0.05) is 4.49 Å². The maximum absolute atomic E-state index is 12.3. The number of carbonyl (C=O) groups is 1. The van der Waals surface area contributed by atoms with Gasteiger partial charge in [-0.15, -0.1) is 5.10 Å². The number of amides is 1. The molecule has 0 radical (unpaired) electrons. The van der Waals surface area contributed by atoms with E-state index < -0.39 is 0 Å². The highest BCUT2D eigenvalue weighted by Gasteiger charge is 2.25. The van der Waals surface area contributed by atoms with Gasteiger partial charge >= 0.3 is 0 Å². The largest absolute Gasteiger partial charge is 0.348 e. The predicted octanol–water partition coefficient (Wildman–Crippen LogP) is 2.41. The molecule has 1 fully saturated rings. The molecule has 1 aliphatic rings. The van der Waals surface area contributed by atoms with Crippen LogP contribution < -0.4 is 5.32 Å². The maximum atomic E-state index is 12.3. The summed E-state index contributed by atoms with van der Waals surface area (Å²) in [5.74, 6) is -0.0638. The zero-order valence-electron chi connectivity index (χ0n) is 14.4. The van der Waals surface area contributed by atoms with Gasteiger partial charge in [0.2, 0.25) is 0 Å². The van der Waals surface area contributed by atoms with Gasteiger partial charge in [0.15, 0.2) is 0 Å². The summed E-state index contributed by atoms with van der Waals surface area (Å²) in [5.41, 5.74) is 2.56. The lowest BCUT2D eigenvalue weighted by Gasteiger charge is -2.29. The number of nitrogens with one attached hydrogen (secondary N) is 1. The van der Waals surface area contributed by atoms with Crippen molar-refractivity contribution in [1.29, 1.82) is 0 Å². The molecule has 0 aliphatic heterocycles. The van der Waals surface area contributed by atoms with Crippen LogP contribution in [0.1, 0.15) is 47.1 Å². The van der Waals surface area contributed by atoms with Crippen LogP contribution in [0.4, 0.5) is 0 Å². The Balaban J connectivity index is 1.35. The van der Waals surface area contributed by atoms with E-state index in [1.54, 1.807) is 12.5 Å². The molecule has 9 heteroatoms. The summed E-state index contributed by atoms with van der Waals surface area (Å²) in [6.45, 7) is 1.81. The fourth-order valence-electron chi connectivity index (χ4n) is 3.31. The zero-order chi connectivity index (χ0) is 17.9. The molecular weight excluding hydrogens is 350 g/mol. The predicted molar refractivity (Wildman–Crippen MR) is 96.7 cm³/mol. The lowest BCUT2D eigenvalue weighted by atomic mass is 9.91. The Kier molecular flexibility index (Phi) is 4.70. The van der Waals surface area contributed by atoms with Gasteiger partial charge in [0.05, 0.1) is 23.6 Å². The van der Waals surface area contributed by atoms with Gasteiger partial charge < -0.3 is 5.32 Å². The molecule has 0 bridgehead atoms. The monoisotopic (exact) mass is 369 g/mol. The van der Waals surface area contributed by atoms with Crippen molar-refractivity contribution in [3.63, 3.8) is 0 Å². The van der Waals surface area contributed by atoms with Crippen molar-refractivity contribution in [2.24, 2.45) is 0 Å². The van der Waals surface area contributed by atoms with Crippen molar-refractivity contribution < 1.29 is 4.79 Å². The minimum Gasteiger partial charge on any atom is -0.348 e. The van der Waals surface area contributed by atoms with Gasteiger partial charge in [0.1, 0.15) is 11.2 Å². The van der Waals surface area contributed by atoms with Gasteiger partial charge in [0, 0.05) is 24.0 Å². The van der Waals surface area contributed by atoms with Gasteiger partial charge in [-0.05, 0) is 50.2 Å². The molecule has 4 rings (SSSR count). The van der Waals surface area contributed by atoms with Crippen molar-refractivity contribution in [1.82, 2.24) is 34.7 Å². The highest BCUT2D eigenvalue weighted by molar-refractivity contribution is 7.08. The maximum Gasteiger partial charge on any atom is 0.265 e. The molecular formula is C17H19N7OS. The van der Waals surface area contributed by atoms with Crippen molar-refractivity contribution in [2.45, 2.75) is 44.7 Å². The lowest BCUT2D eigenvalue weighted by molar-refractivity contribution is 0.0925. The first-order valence-corrected chi connectivity index (χ1v) is 9.38. The van der Waals surface area contributed by atoms with Crippen molar-refractivity contribution >= 4 is 17.4 Å². The number of hydrogen-bond donors (Lipinski definition) is 1. The first-order chi connectivity index (χ1) is 12.7. The SMILES string of the molecule is Cc1nnsc1C(=O)NC1CCC(n2cc(-c3ccncn3)cn2)CC1. The zero-order valence-corrected chi connectivity index (χ0v) is 15.2. The van der Waals surface area contributed by atoms with Crippen LogP contribution in [0, 0.1) is 6.92 Å². The second-order valence-corrected chi connectivity index (χ2v) is 7.22. The summed E-state index contributed by atoms with van der Waals surface area (Å²) in [7, 11) is 0. The van der Waals surface area contributed by atoms with E-state index in [1.807, 2.05) is 30.1 Å². The molecule has 0 unspecified atom stereocenters. The average Bonchev–Trinajstić information content (AvgIpc) is 3.32. The molecule has 134 valence electrons. The standard InChI is InChI=1S/C17H19N7OS/c1-11-16(26-23-22-11)17(25)21-13-2-4-14(5-3-13)24-9-12(8-20-24)15-6-7-18-10-19-15/h6-10,13-14H,2-5H2,1H3,(H,21,25). The van der Waals surface area contributed by atoms with E-state index in [9.17, 15) is 4.79 Å². The molecule has 3 aromatic heterocycles. The summed E-state index contributed by atoms with van der Waals surface area (Å²) < 4.78 is 5.85. The van der Waals surface area contributed by atoms with Gasteiger partial charge in [-0.3, -0.25) is 9.48 Å². The Morgan fingerprint density at radius 2 is 2.15 bits per heavy atom. The van der Waals surface area contributed by atoms with Crippen LogP contribution in [0.5, 0.6) is 0 Å². The summed E-state index contributed by atoms with van der Waals surface area (Å²) in [4.78, 5) is 21.1. The normalized spacial score (nSPS) is 20.0. The van der Waals surface area contributed by atoms with Crippen LogP contribution in [0.25, 0.3) is 11.3 Å². The average molecular weight is 369 g/mol. The van der Waals surface area contributed by atoms with E-state index >= 15 is 0 Å². The van der Waals surface area contributed by atoms with Crippen molar-refractivity contribution in [3.05, 3.63) is 41.6 Å². The molecule has 0 spiro atoms. The molecule has 0 aromatic carbocycles. The van der Waals surface area contributed by atoms with E-state index in [2.05, 4.69) is 30.0 Å². The minimum atomic E-state index is -0.0638. The van der Waals surface area contributed by atoms with Crippen LogP contribution in [0.2, 0.25) is 0 Å². The van der Waals surface area contributed by atoms with Gasteiger partial charge in [0.25, 0.3) is 5.91 Å². The number of aryl methyl sites for hydroxylation is 1. The highest BCUT2D eigenvalue weighted by Crippen LogP contribution is 2.29. The van der Waals surface area contributed by atoms with Crippen molar-refractivity contribution in [3.8, 4) is 11.3 Å². The third-order valence-corrected chi connectivity index (χ3v) is 5.57. The van der Waals surface area contributed by atoms with Crippen LogP contribution >= 0.6 is 11.5 Å². The van der Waals surface area contributed by atoms with E-state index in [4.69, 9.17) is 0 Å². The number of hydrogen-bond acceptors (Lipinski definition) is 7. The molecule has 0 atom stereocenters. The molecule has 3 aromatic rings. The van der Waals surface area contributed by atoms with Gasteiger partial charge in [-0.25, -0.2) is 9.97 Å². The summed E-state index contributed by atoms with van der Waals surface area (Å²) >= 11 is 1.15. The molecule has 3 heterocycles. The topological polar surface area (TPSA) is 98.5 Å². The Hall–Kier alpha value is -2.68. The quantitative estimate of drug-likeness (QED) is 0.758. The molecule has 1 saturated carbocycles. The molecule has 8 nitrogen and oxygen atoms in total. The Morgan fingerprint density at radius 1 is 1.31 bits per heavy atom. The summed E-state index contributed by atoms with van der Waals surface area (Å²) in [6, 6.07) is 2.42. The van der Waals surface area contributed by atoms with E-state index in [1.165, 1.54) is 0 Å². The summed E-state index contributed by atoms with van der Waals surface area (Å²) in [6.07, 6.45) is 11.0. The van der Waals surface area contributed by atoms with Crippen molar-refractivity contribution in [2.75, 3.05) is 0 Å². The van der Waals surface area contributed by atoms with Crippen LogP contribution in [0.15, 0.2) is 31.0 Å². The van der Waals surface area contributed by atoms with E-state index in [-0.39, 0.29) is 11.9 Å². The molecule has 26 heavy (non-hydrogen) atoms. The second-order valence-electron chi connectivity index (χ2n) is 6.47. The molecule has 1 aliphatic carbocycles. The fourth-order valence-corrected chi connectivity index (χ4v) is 3.87. The fraction of sp³-hybridized carbons (Fsp3) is 0.412. The minimum absolute atomic E-state index is 0.0638. The number of rotatable bonds is 4. The third kappa shape index (κ3) is 3.48. The second kappa shape index (κ2) is 7.28. The smallest absolute Gasteiger partial charge is 0.265 e. The molecule has 0 saturated heterocycles. The molecule has 1 amide bonds. The number of carbonyl (C=O) groups excluding carboxylic acids is 1. The Bertz CT molecular complexity index is 883. The van der Waals surface area contributed by atoms with E-state index in [0.29, 0.717) is 16.6 Å².